The average molecular weight is 460 g/mol. The molecule has 5 heterocycles. The van der Waals surface area contributed by atoms with E-state index in [-0.39, 0.29) is 55.4 Å². The van der Waals surface area contributed by atoms with E-state index >= 15 is 0 Å². The number of carbonyl (C=O) groups is 3. The lowest BCUT2D eigenvalue weighted by Crippen LogP contribution is -2.81. The van der Waals surface area contributed by atoms with Gasteiger partial charge in [0.05, 0.1) is 18.6 Å². The van der Waals surface area contributed by atoms with E-state index in [1.165, 1.54) is 11.0 Å². The Morgan fingerprint density at radius 3 is 2.58 bits per heavy atom. The number of hydrogen-bond acceptors (Lipinski definition) is 8. The van der Waals surface area contributed by atoms with Gasteiger partial charge >= 0.3 is 0 Å². The van der Waals surface area contributed by atoms with Crippen LogP contribution in [0.3, 0.4) is 0 Å². The fourth-order valence-electron chi connectivity index (χ4n) is 5.14. The zero-order valence-electron chi connectivity index (χ0n) is 17.6. The Morgan fingerprint density at radius 2 is 1.94 bits per heavy atom. The van der Waals surface area contributed by atoms with Gasteiger partial charge in [-0.1, -0.05) is 0 Å². The van der Waals surface area contributed by atoms with Gasteiger partial charge in [-0.05, 0) is 19.1 Å². The maximum absolute atomic E-state index is 12.6. The van der Waals surface area contributed by atoms with Crippen molar-refractivity contribution < 1.29 is 29.0 Å². The van der Waals surface area contributed by atoms with Crippen molar-refractivity contribution in [2.45, 2.75) is 49.3 Å². The van der Waals surface area contributed by atoms with Gasteiger partial charge in [0.25, 0.3) is 5.91 Å². The standard InChI is InChI=1S/C19H24N8O6/c1-8-2-3-10(33-8)15(30)23-11-7-27-17(21)22-9(6-26-12(28)4-5-13(26)29)14-18(27,19(11,31)32)25-16(20)24-14/h2-3,9,11,14,31-32H,4-7H2,1H3,(H2,21,22)(H,23,30)(H3,20,24,25)/t9-,11-,14-,18-/m0/s1. The molecular weight excluding hydrogens is 436 g/mol. The maximum Gasteiger partial charge on any atom is 0.287 e. The number of guanidine groups is 2. The van der Waals surface area contributed by atoms with E-state index in [1.807, 2.05) is 0 Å². The molecule has 0 radical (unpaired) electrons. The normalized spacial score (nSPS) is 32.3. The van der Waals surface area contributed by atoms with Gasteiger partial charge in [-0.25, -0.2) is 0 Å². The van der Waals surface area contributed by atoms with Crippen molar-refractivity contribution in [1.29, 1.82) is 10.8 Å². The van der Waals surface area contributed by atoms with Gasteiger partial charge in [-0.2, -0.15) is 0 Å². The molecule has 0 aromatic carbocycles. The molecular formula is C19H24N8O6. The number of amides is 3. The number of furan rings is 1. The molecule has 4 atom stereocenters. The Kier molecular flexibility index (Phi) is 4.45. The number of nitrogens with one attached hydrogen (secondary N) is 6. The summed E-state index contributed by atoms with van der Waals surface area (Å²) in [4.78, 5) is 39.3. The molecule has 0 unspecified atom stereocenters. The van der Waals surface area contributed by atoms with Crippen LogP contribution in [0.5, 0.6) is 0 Å². The number of aliphatic hydroxyl groups is 2. The van der Waals surface area contributed by atoms with E-state index in [0.29, 0.717) is 5.76 Å². The molecule has 1 spiro atoms. The van der Waals surface area contributed by atoms with Crippen molar-refractivity contribution in [1.82, 2.24) is 31.1 Å². The monoisotopic (exact) mass is 460 g/mol. The second-order valence-electron chi connectivity index (χ2n) is 8.66. The molecule has 1 aromatic rings. The van der Waals surface area contributed by atoms with Crippen molar-refractivity contribution in [3.05, 3.63) is 23.7 Å². The molecule has 3 amide bonds. The van der Waals surface area contributed by atoms with Crippen molar-refractivity contribution in [2.24, 2.45) is 0 Å². The molecule has 0 aliphatic carbocycles. The van der Waals surface area contributed by atoms with Crippen LogP contribution in [-0.2, 0) is 9.59 Å². The Morgan fingerprint density at radius 1 is 1.24 bits per heavy atom. The van der Waals surface area contributed by atoms with Gasteiger partial charge in [0.1, 0.15) is 11.8 Å². The molecule has 4 aliphatic heterocycles. The van der Waals surface area contributed by atoms with E-state index in [4.69, 9.17) is 15.2 Å². The van der Waals surface area contributed by atoms with Gasteiger partial charge in [-0.15, -0.1) is 0 Å². The molecule has 4 aliphatic rings. The minimum Gasteiger partial charge on any atom is -0.456 e. The molecule has 14 nitrogen and oxygen atoms in total. The average Bonchev–Trinajstić information content (AvgIpc) is 3.46. The molecule has 8 N–H and O–H groups in total. The summed E-state index contributed by atoms with van der Waals surface area (Å²) >= 11 is 0. The SMILES string of the molecule is Cc1ccc(C(=O)N[C@H]2CN3C(=N)N[C@@H](CN4C(=O)CCC4=O)[C@@H]4NC(=N)N[C@@]43C2(O)O)o1. The molecule has 5 rings (SSSR count). The van der Waals surface area contributed by atoms with Crippen LogP contribution >= 0.6 is 0 Å². The summed E-state index contributed by atoms with van der Waals surface area (Å²) in [6.45, 7) is 1.37. The Hall–Kier alpha value is -3.65. The largest absolute Gasteiger partial charge is 0.456 e. The molecule has 14 heteroatoms. The first kappa shape index (κ1) is 21.2. The molecule has 33 heavy (non-hydrogen) atoms. The number of aryl methyl sites for hydroxylation is 1. The van der Waals surface area contributed by atoms with Crippen molar-refractivity contribution in [3.63, 3.8) is 0 Å². The zero-order valence-corrected chi connectivity index (χ0v) is 17.6. The Bertz CT molecular complexity index is 1070. The third-order valence-electron chi connectivity index (χ3n) is 6.70. The second kappa shape index (κ2) is 6.92. The fourth-order valence-corrected chi connectivity index (χ4v) is 5.14. The Balaban J connectivity index is 1.46. The second-order valence-corrected chi connectivity index (χ2v) is 8.66. The number of nitrogens with zero attached hydrogens (tertiary/aromatic N) is 2. The number of rotatable bonds is 4. The molecule has 176 valence electrons. The first-order valence-electron chi connectivity index (χ1n) is 10.5. The Labute approximate surface area is 187 Å². The van der Waals surface area contributed by atoms with Gasteiger partial charge in [-0.3, -0.25) is 30.1 Å². The highest BCUT2D eigenvalue weighted by atomic mass is 16.5. The van der Waals surface area contributed by atoms with Gasteiger partial charge in [0, 0.05) is 19.4 Å². The number of hydrogen-bond donors (Lipinski definition) is 8. The summed E-state index contributed by atoms with van der Waals surface area (Å²) in [6.07, 6.45) is 0.188. The van der Waals surface area contributed by atoms with Crippen LogP contribution in [0.2, 0.25) is 0 Å². The zero-order chi connectivity index (χ0) is 23.7. The van der Waals surface area contributed by atoms with Gasteiger partial charge in [0.15, 0.2) is 23.3 Å². The van der Waals surface area contributed by atoms with Crippen LogP contribution in [-0.4, -0.2) is 92.3 Å². The number of carbonyl (C=O) groups excluding carboxylic acids is 3. The van der Waals surface area contributed by atoms with E-state index in [9.17, 15) is 24.6 Å². The molecule has 4 fully saturated rings. The summed E-state index contributed by atoms with van der Waals surface area (Å²) in [7, 11) is 0. The lowest BCUT2D eigenvalue weighted by atomic mass is 9.84. The van der Waals surface area contributed by atoms with Crippen LogP contribution in [0.25, 0.3) is 0 Å². The highest BCUT2D eigenvalue weighted by molar-refractivity contribution is 6.02. The molecule has 4 saturated heterocycles. The summed E-state index contributed by atoms with van der Waals surface area (Å²) < 4.78 is 5.30. The van der Waals surface area contributed by atoms with Crippen LogP contribution < -0.4 is 21.3 Å². The quantitative estimate of drug-likeness (QED) is 0.168. The first-order valence-corrected chi connectivity index (χ1v) is 10.5. The van der Waals surface area contributed by atoms with Crippen LogP contribution in [0.15, 0.2) is 16.5 Å². The maximum atomic E-state index is 12.6. The third-order valence-corrected chi connectivity index (χ3v) is 6.70. The van der Waals surface area contributed by atoms with Crippen molar-refractivity contribution >= 4 is 29.6 Å². The van der Waals surface area contributed by atoms with E-state index < -0.39 is 35.5 Å². The summed E-state index contributed by atoms with van der Waals surface area (Å²) in [5.74, 6) is -3.97. The van der Waals surface area contributed by atoms with Crippen LogP contribution in [0, 0.1) is 17.7 Å². The van der Waals surface area contributed by atoms with Crippen molar-refractivity contribution in [3.8, 4) is 0 Å². The predicted molar refractivity (Wildman–Crippen MR) is 110 cm³/mol. The first-order chi connectivity index (χ1) is 15.5. The molecule has 0 bridgehead atoms. The minimum absolute atomic E-state index is 0.00962. The highest BCUT2D eigenvalue weighted by Crippen LogP contribution is 2.43. The predicted octanol–water partition coefficient (Wildman–Crippen LogP) is -3.07. The summed E-state index contributed by atoms with van der Waals surface area (Å²) in [5.41, 5.74) is -1.82. The fraction of sp³-hybridized carbons (Fsp3) is 0.526. The lowest BCUT2D eigenvalue weighted by Gasteiger charge is -2.51. The van der Waals surface area contributed by atoms with E-state index in [2.05, 4.69) is 21.3 Å². The topological polar surface area (TPSA) is 207 Å². The number of likely N-dealkylation sites (tertiary alicyclic amines) is 1. The van der Waals surface area contributed by atoms with Crippen molar-refractivity contribution in [2.75, 3.05) is 13.1 Å². The lowest BCUT2D eigenvalue weighted by molar-refractivity contribution is -0.232. The van der Waals surface area contributed by atoms with E-state index in [0.717, 1.165) is 4.90 Å². The molecule has 1 aromatic heterocycles. The third kappa shape index (κ3) is 2.90. The summed E-state index contributed by atoms with van der Waals surface area (Å²) in [5, 5.41) is 50.3. The van der Waals surface area contributed by atoms with Crippen LogP contribution in [0.4, 0.5) is 0 Å². The smallest absolute Gasteiger partial charge is 0.287 e. The minimum atomic E-state index is -2.66. The molecule has 0 saturated carbocycles. The van der Waals surface area contributed by atoms with Gasteiger partial charge in [0.2, 0.25) is 17.6 Å². The van der Waals surface area contributed by atoms with Gasteiger partial charge < -0.3 is 40.8 Å². The highest BCUT2D eigenvalue weighted by Gasteiger charge is 2.74. The number of imide groups is 1. The summed E-state index contributed by atoms with van der Waals surface area (Å²) in [6, 6.07) is 0.0361. The van der Waals surface area contributed by atoms with E-state index in [1.54, 1.807) is 13.0 Å². The van der Waals surface area contributed by atoms with Crippen LogP contribution in [0.1, 0.15) is 29.2 Å².